The molecule has 3 rings (SSSR count). The lowest BCUT2D eigenvalue weighted by atomic mass is 10.1. The third kappa shape index (κ3) is 1.78. The van der Waals surface area contributed by atoms with E-state index in [2.05, 4.69) is 9.88 Å². The lowest BCUT2D eigenvalue weighted by Crippen LogP contribution is -2.29. The van der Waals surface area contributed by atoms with Crippen molar-refractivity contribution in [1.82, 2.24) is 4.98 Å². The van der Waals surface area contributed by atoms with Gasteiger partial charge in [-0.3, -0.25) is 4.98 Å². The van der Waals surface area contributed by atoms with Crippen LogP contribution in [0.15, 0.2) is 30.5 Å². The van der Waals surface area contributed by atoms with E-state index >= 15 is 0 Å². The van der Waals surface area contributed by atoms with E-state index < -0.39 is 5.60 Å². The Morgan fingerprint density at radius 2 is 2.22 bits per heavy atom. The molecule has 0 aliphatic carbocycles. The van der Waals surface area contributed by atoms with Gasteiger partial charge >= 0.3 is 0 Å². The Balaban J connectivity index is 2.11. The molecule has 0 radical (unpaired) electrons. The monoisotopic (exact) mass is 243 g/mol. The fraction of sp³-hybridized carbons (Fsp3) is 0.357. The number of rotatable bonds is 1. The number of aromatic nitrogens is 1. The second-order valence-electron chi connectivity index (χ2n) is 5.24. The molecule has 3 N–H and O–H groups in total. The van der Waals surface area contributed by atoms with Crippen LogP contribution in [0.2, 0.25) is 0 Å². The van der Waals surface area contributed by atoms with Crippen LogP contribution in [-0.2, 0) is 0 Å². The molecule has 4 nitrogen and oxygen atoms in total. The fourth-order valence-corrected chi connectivity index (χ4v) is 2.61. The van der Waals surface area contributed by atoms with Crippen molar-refractivity contribution in [3.8, 4) is 0 Å². The average Bonchev–Trinajstić information content (AvgIpc) is 2.70. The van der Waals surface area contributed by atoms with Crippen molar-refractivity contribution in [1.29, 1.82) is 0 Å². The number of β-amino-alcohol motifs (C(OH)–C–C–N with tert-alkyl or cyclic N) is 1. The number of hydrogen-bond acceptors (Lipinski definition) is 4. The van der Waals surface area contributed by atoms with E-state index in [1.165, 1.54) is 0 Å². The lowest BCUT2D eigenvalue weighted by molar-refractivity contribution is 0.0839. The summed E-state index contributed by atoms with van der Waals surface area (Å²) in [6, 6.07) is 7.85. The number of nitrogens with zero attached hydrogens (tertiary/aromatic N) is 2. The molecule has 0 saturated carbocycles. The number of aliphatic hydroxyl groups is 1. The minimum Gasteiger partial charge on any atom is -0.397 e. The maximum absolute atomic E-state index is 10.1. The molecule has 18 heavy (non-hydrogen) atoms. The average molecular weight is 243 g/mol. The highest BCUT2D eigenvalue weighted by atomic mass is 16.3. The Kier molecular flexibility index (Phi) is 2.41. The summed E-state index contributed by atoms with van der Waals surface area (Å²) in [4.78, 5) is 6.53. The minimum atomic E-state index is -0.601. The number of fused-ring (bicyclic) bond motifs is 1. The molecule has 2 aromatic rings. The number of nitrogens with two attached hydrogens (primary N) is 1. The quantitative estimate of drug-likeness (QED) is 0.749. The predicted molar refractivity (Wildman–Crippen MR) is 73.6 cm³/mol. The molecule has 1 saturated heterocycles. The first-order valence-electron chi connectivity index (χ1n) is 6.17. The van der Waals surface area contributed by atoms with Crippen molar-refractivity contribution in [2.24, 2.45) is 0 Å². The molecule has 0 amide bonds. The van der Waals surface area contributed by atoms with Crippen molar-refractivity contribution < 1.29 is 5.11 Å². The van der Waals surface area contributed by atoms with E-state index in [0.717, 1.165) is 29.6 Å². The van der Waals surface area contributed by atoms with Crippen molar-refractivity contribution >= 4 is 22.3 Å². The first-order valence-corrected chi connectivity index (χ1v) is 6.17. The minimum absolute atomic E-state index is 0.601. The number of pyridine rings is 1. The molecule has 0 spiro atoms. The Hall–Kier alpha value is -1.81. The summed E-state index contributed by atoms with van der Waals surface area (Å²) in [7, 11) is 0. The normalized spacial score (nSPS) is 23.8. The summed E-state index contributed by atoms with van der Waals surface area (Å²) in [5.41, 5.74) is 7.98. The fourth-order valence-electron chi connectivity index (χ4n) is 2.61. The van der Waals surface area contributed by atoms with Gasteiger partial charge in [0, 0.05) is 30.4 Å². The standard InChI is InChI=1S/C14H17N3O/c1-14(18)6-8-17(9-14)12-5-4-11(15)13-10(12)3-2-7-16-13/h2-5,7,18H,6,8-9,15H2,1H3. The molecule has 1 aliphatic heterocycles. The summed E-state index contributed by atoms with van der Waals surface area (Å²) >= 11 is 0. The highest BCUT2D eigenvalue weighted by molar-refractivity contribution is 5.98. The molecule has 4 heteroatoms. The van der Waals surface area contributed by atoms with Crippen molar-refractivity contribution in [2.75, 3.05) is 23.7 Å². The van der Waals surface area contributed by atoms with Gasteiger partial charge in [0.2, 0.25) is 0 Å². The summed E-state index contributed by atoms with van der Waals surface area (Å²) in [6.07, 6.45) is 2.54. The zero-order chi connectivity index (χ0) is 12.8. The van der Waals surface area contributed by atoms with E-state index in [4.69, 9.17) is 5.73 Å². The summed E-state index contributed by atoms with van der Waals surface area (Å²) < 4.78 is 0. The Morgan fingerprint density at radius 3 is 2.94 bits per heavy atom. The third-order valence-electron chi connectivity index (χ3n) is 3.57. The second-order valence-corrected chi connectivity index (χ2v) is 5.24. The molecular formula is C14H17N3O. The smallest absolute Gasteiger partial charge is 0.0951 e. The van der Waals surface area contributed by atoms with Crippen LogP contribution in [0.1, 0.15) is 13.3 Å². The van der Waals surface area contributed by atoms with Crippen LogP contribution in [-0.4, -0.2) is 28.8 Å². The van der Waals surface area contributed by atoms with Gasteiger partial charge < -0.3 is 15.7 Å². The van der Waals surface area contributed by atoms with Gasteiger partial charge in [0.15, 0.2) is 0 Å². The molecular weight excluding hydrogens is 226 g/mol. The number of nitrogen functional groups attached to an aromatic ring is 1. The van der Waals surface area contributed by atoms with E-state index in [1.807, 2.05) is 31.2 Å². The zero-order valence-electron chi connectivity index (χ0n) is 10.4. The number of benzene rings is 1. The molecule has 1 aromatic heterocycles. The SMILES string of the molecule is CC1(O)CCN(c2ccc(N)c3ncccc23)C1. The Bertz CT molecular complexity index is 595. The molecule has 94 valence electrons. The highest BCUT2D eigenvalue weighted by Crippen LogP contribution is 2.33. The van der Waals surface area contributed by atoms with Crippen LogP contribution in [0, 0.1) is 0 Å². The molecule has 1 fully saturated rings. The number of anilines is 2. The van der Waals surface area contributed by atoms with Crippen LogP contribution in [0.3, 0.4) is 0 Å². The molecule has 2 heterocycles. The topological polar surface area (TPSA) is 62.4 Å². The Morgan fingerprint density at radius 1 is 1.39 bits per heavy atom. The van der Waals surface area contributed by atoms with Crippen molar-refractivity contribution in [2.45, 2.75) is 18.9 Å². The van der Waals surface area contributed by atoms with E-state index in [0.29, 0.717) is 12.2 Å². The van der Waals surface area contributed by atoms with Gasteiger partial charge in [-0.05, 0) is 37.6 Å². The summed E-state index contributed by atoms with van der Waals surface area (Å²) in [6.45, 7) is 3.40. The van der Waals surface area contributed by atoms with E-state index in [9.17, 15) is 5.11 Å². The van der Waals surface area contributed by atoms with Gasteiger partial charge in [-0.2, -0.15) is 0 Å². The van der Waals surface area contributed by atoms with Gasteiger partial charge in [0.05, 0.1) is 16.8 Å². The molecule has 1 atom stereocenters. The molecule has 1 aliphatic rings. The van der Waals surface area contributed by atoms with Gasteiger partial charge in [-0.25, -0.2) is 0 Å². The first-order chi connectivity index (χ1) is 8.57. The predicted octanol–water partition coefficient (Wildman–Crippen LogP) is 1.78. The maximum Gasteiger partial charge on any atom is 0.0951 e. The molecule has 1 aromatic carbocycles. The summed E-state index contributed by atoms with van der Waals surface area (Å²) in [5, 5.41) is 11.1. The number of hydrogen-bond donors (Lipinski definition) is 2. The second kappa shape index (κ2) is 3.85. The van der Waals surface area contributed by atoms with Crippen LogP contribution in [0.25, 0.3) is 10.9 Å². The van der Waals surface area contributed by atoms with Crippen molar-refractivity contribution in [3.05, 3.63) is 30.5 Å². The lowest BCUT2D eigenvalue weighted by Gasteiger charge is -2.22. The third-order valence-corrected chi connectivity index (χ3v) is 3.57. The van der Waals surface area contributed by atoms with E-state index in [1.54, 1.807) is 6.20 Å². The van der Waals surface area contributed by atoms with Crippen LogP contribution in [0.5, 0.6) is 0 Å². The first kappa shape index (κ1) is 11.3. The van der Waals surface area contributed by atoms with Gasteiger partial charge in [-0.1, -0.05) is 0 Å². The van der Waals surface area contributed by atoms with Crippen LogP contribution >= 0.6 is 0 Å². The largest absolute Gasteiger partial charge is 0.397 e. The summed E-state index contributed by atoms with van der Waals surface area (Å²) in [5.74, 6) is 0. The van der Waals surface area contributed by atoms with Gasteiger partial charge in [-0.15, -0.1) is 0 Å². The Labute approximate surface area is 106 Å². The van der Waals surface area contributed by atoms with Gasteiger partial charge in [0.1, 0.15) is 0 Å². The van der Waals surface area contributed by atoms with E-state index in [-0.39, 0.29) is 0 Å². The molecule has 0 bridgehead atoms. The van der Waals surface area contributed by atoms with Crippen molar-refractivity contribution in [3.63, 3.8) is 0 Å². The molecule has 1 unspecified atom stereocenters. The van der Waals surface area contributed by atoms with Crippen LogP contribution in [0.4, 0.5) is 11.4 Å². The maximum atomic E-state index is 10.1. The zero-order valence-corrected chi connectivity index (χ0v) is 10.4. The van der Waals surface area contributed by atoms with Gasteiger partial charge in [0.25, 0.3) is 0 Å². The van der Waals surface area contributed by atoms with Crippen LogP contribution < -0.4 is 10.6 Å². The highest BCUT2D eigenvalue weighted by Gasteiger charge is 2.32.